The average molecular weight is 354 g/mol. The van der Waals surface area contributed by atoms with Crippen LogP contribution in [0.3, 0.4) is 0 Å². The third-order valence-electron chi connectivity index (χ3n) is 2.99. The number of aromatic hydroxyl groups is 1. The molecule has 2 aromatic rings. The Balaban J connectivity index is 2.29. The first-order chi connectivity index (χ1) is 11.0. The molecule has 0 spiro atoms. The molecule has 130 valence electrons. The molecular weight excluding hydrogens is 345 g/mol. The molecule has 2 aromatic carbocycles. The highest BCUT2D eigenvalue weighted by molar-refractivity contribution is 5.39. The van der Waals surface area contributed by atoms with E-state index in [1.54, 1.807) is 0 Å². The Hall–Kier alpha value is -2.45. The summed E-state index contributed by atoms with van der Waals surface area (Å²) in [6, 6.07) is 3.47. The van der Waals surface area contributed by atoms with E-state index in [1.807, 2.05) is 0 Å². The molecule has 0 aliphatic rings. The third-order valence-corrected chi connectivity index (χ3v) is 2.99. The van der Waals surface area contributed by atoms with Crippen molar-refractivity contribution < 1.29 is 40.6 Å². The summed E-state index contributed by atoms with van der Waals surface area (Å²) in [5, 5.41) is 9.26. The zero-order valence-corrected chi connectivity index (χ0v) is 11.7. The quantitative estimate of drug-likeness (QED) is 0.773. The summed E-state index contributed by atoms with van der Waals surface area (Å²) in [6.07, 6.45) is -9.55. The molecule has 0 aliphatic carbocycles. The summed E-state index contributed by atoms with van der Waals surface area (Å²) in [5.74, 6) is -2.22. The van der Waals surface area contributed by atoms with E-state index in [4.69, 9.17) is 4.74 Å². The Kier molecular flexibility index (Phi) is 4.63. The van der Waals surface area contributed by atoms with Gasteiger partial charge in [-0.25, -0.2) is 4.39 Å². The topological polar surface area (TPSA) is 29.5 Å². The molecule has 0 saturated heterocycles. The van der Waals surface area contributed by atoms with E-state index in [1.165, 1.54) is 0 Å². The number of phenolic OH excluding ortho intramolecular Hbond substituents is 1. The van der Waals surface area contributed by atoms with Crippen molar-refractivity contribution in [3.8, 4) is 11.5 Å². The summed E-state index contributed by atoms with van der Waals surface area (Å²) in [7, 11) is 0. The fraction of sp³-hybridized carbons (Fsp3) is 0.200. The molecule has 2 rings (SSSR count). The second-order valence-corrected chi connectivity index (χ2v) is 4.80. The van der Waals surface area contributed by atoms with Crippen LogP contribution in [0.25, 0.3) is 0 Å². The SMILES string of the molecule is Oc1cc(OCc2cc(F)ccc2C(F)(F)F)cc(C(F)(F)F)c1. The van der Waals surface area contributed by atoms with Gasteiger partial charge in [-0.3, -0.25) is 0 Å². The smallest absolute Gasteiger partial charge is 0.416 e. The number of hydrogen-bond donors (Lipinski definition) is 1. The average Bonchev–Trinajstić information content (AvgIpc) is 2.42. The molecule has 0 heterocycles. The number of phenols is 1. The Morgan fingerprint density at radius 2 is 1.54 bits per heavy atom. The maximum atomic E-state index is 13.1. The lowest BCUT2D eigenvalue weighted by molar-refractivity contribution is -0.138. The van der Waals surface area contributed by atoms with Gasteiger partial charge in [0, 0.05) is 11.6 Å². The van der Waals surface area contributed by atoms with Crippen molar-refractivity contribution in [2.24, 2.45) is 0 Å². The van der Waals surface area contributed by atoms with E-state index < -0.39 is 53.0 Å². The minimum Gasteiger partial charge on any atom is -0.508 e. The Morgan fingerprint density at radius 3 is 2.12 bits per heavy atom. The lowest BCUT2D eigenvalue weighted by atomic mass is 10.1. The Bertz CT molecular complexity index is 736. The van der Waals surface area contributed by atoms with Crippen LogP contribution in [0.2, 0.25) is 0 Å². The van der Waals surface area contributed by atoms with Crippen LogP contribution in [0.5, 0.6) is 11.5 Å². The molecule has 2 nitrogen and oxygen atoms in total. The van der Waals surface area contributed by atoms with Gasteiger partial charge in [-0.2, -0.15) is 26.3 Å². The number of alkyl halides is 6. The van der Waals surface area contributed by atoms with Crippen molar-refractivity contribution in [1.29, 1.82) is 0 Å². The molecular formula is C15H9F7O2. The number of rotatable bonds is 3. The maximum absolute atomic E-state index is 13.1. The van der Waals surface area contributed by atoms with Crippen molar-refractivity contribution in [2.75, 3.05) is 0 Å². The van der Waals surface area contributed by atoms with Crippen molar-refractivity contribution in [1.82, 2.24) is 0 Å². The van der Waals surface area contributed by atoms with Gasteiger partial charge in [0.05, 0.1) is 11.1 Å². The first-order valence-electron chi connectivity index (χ1n) is 6.36. The van der Waals surface area contributed by atoms with E-state index in [2.05, 4.69) is 0 Å². The van der Waals surface area contributed by atoms with Gasteiger partial charge in [0.25, 0.3) is 0 Å². The first-order valence-corrected chi connectivity index (χ1v) is 6.36. The second-order valence-electron chi connectivity index (χ2n) is 4.80. The largest absolute Gasteiger partial charge is 0.508 e. The Labute approximate surface area is 131 Å². The van der Waals surface area contributed by atoms with Crippen LogP contribution in [-0.4, -0.2) is 5.11 Å². The number of benzene rings is 2. The summed E-state index contributed by atoms with van der Waals surface area (Å²) in [4.78, 5) is 0. The molecule has 0 aliphatic heterocycles. The monoisotopic (exact) mass is 354 g/mol. The van der Waals surface area contributed by atoms with E-state index in [0.717, 1.165) is 6.07 Å². The summed E-state index contributed by atoms with van der Waals surface area (Å²) in [5.41, 5.74) is -2.98. The fourth-order valence-electron chi connectivity index (χ4n) is 1.95. The molecule has 0 bridgehead atoms. The lowest BCUT2D eigenvalue weighted by Crippen LogP contribution is -2.11. The molecule has 0 saturated carbocycles. The zero-order valence-electron chi connectivity index (χ0n) is 11.7. The van der Waals surface area contributed by atoms with Crippen LogP contribution >= 0.6 is 0 Å². The molecule has 24 heavy (non-hydrogen) atoms. The predicted octanol–water partition coefficient (Wildman–Crippen LogP) is 5.15. The van der Waals surface area contributed by atoms with Gasteiger partial charge in [0.1, 0.15) is 23.9 Å². The highest BCUT2D eigenvalue weighted by Gasteiger charge is 2.34. The van der Waals surface area contributed by atoms with E-state index in [9.17, 15) is 35.8 Å². The van der Waals surface area contributed by atoms with Crippen molar-refractivity contribution in [2.45, 2.75) is 19.0 Å². The molecule has 0 atom stereocenters. The minimum absolute atomic E-state index is 0.441. The van der Waals surface area contributed by atoms with Crippen LogP contribution in [0, 0.1) is 5.82 Å². The summed E-state index contributed by atoms with van der Waals surface area (Å²) in [6.45, 7) is -0.826. The van der Waals surface area contributed by atoms with Crippen molar-refractivity contribution in [3.05, 3.63) is 58.9 Å². The standard InChI is InChI=1S/C15H9F7O2/c16-10-1-2-13(15(20,21)22)8(3-10)7-24-12-5-9(14(17,18)19)4-11(23)6-12/h1-6,23H,7H2. The third kappa shape index (κ3) is 4.30. The molecule has 0 radical (unpaired) electrons. The van der Waals surface area contributed by atoms with Crippen LogP contribution in [0.1, 0.15) is 16.7 Å². The summed E-state index contributed by atoms with van der Waals surface area (Å²) >= 11 is 0. The van der Waals surface area contributed by atoms with Gasteiger partial charge in [0.2, 0.25) is 0 Å². The molecule has 0 amide bonds. The molecule has 0 fully saturated rings. The van der Waals surface area contributed by atoms with Crippen molar-refractivity contribution >= 4 is 0 Å². The Morgan fingerprint density at radius 1 is 0.875 bits per heavy atom. The lowest BCUT2D eigenvalue weighted by Gasteiger charge is -2.15. The van der Waals surface area contributed by atoms with Gasteiger partial charge >= 0.3 is 12.4 Å². The highest BCUT2D eigenvalue weighted by Crippen LogP contribution is 2.36. The van der Waals surface area contributed by atoms with Crippen LogP contribution in [0.4, 0.5) is 30.7 Å². The molecule has 0 aromatic heterocycles. The first kappa shape index (κ1) is 17.9. The van der Waals surface area contributed by atoms with Gasteiger partial charge in [0.15, 0.2) is 0 Å². The minimum atomic E-state index is -4.78. The van der Waals surface area contributed by atoms with Crippen LogP contribution in [-0.2, 0) is 19.0 Å². The molecule has 9 heteroatoms. The van der Waals surface area contributed by atoms with Crippen molar-refractivity contribution in [3.63, 3.8) is 0 Å². The number of halogens is 7. The van der Waals surface area contributed by atoms with Gasteiger partial charge < -0.3 is 9.84 Å². The van der Waals surface area contributed by atoms with Crippen LogP contribution in [0.15, 0.2) is 36.4 Å². The molecule has 0 unspecified atom stereocenters. The molecule has 1 N–H and O–H groups in total. The zero-order chi connectivity index (χ0) is 18.1. The van der Waals surface area contributed by atoms with Gasteiger partial charge in [-0.05, 0) is 30.3 Å². The predicted molar refractivity (Wildman–Crippen MR) is 68.8 cm³/mol. The number of hydrogen-bond acceptors (Lipinski definition) is 2. The van der Waals surface area contributed by atoms with E-state index in [0.29, 0.717) is 30.3 Å². The fourth-order valence-corrected chi connectivity index (χ4v) is 1.95. The maximum Gasteiger partial charge on any atom is 0.416 e. The van der Waals surface area contributed by atoms with E-state index >= 15 is 0 Å². The van der Waals surface area contributed by atoms with E-state index in [-0.39, 0.29) is 0 Å². The highest BCUT2D eigenvalue weighted by atomic mass is 19.4. The van der Waals surface area contributed by atoms with Gasteiger partial charge in [-0.1, -0.05) is 0 Å². The van der Waals surface area contributed by atoms with Gasteiger partial charge in [-0.15, -0.1) is 0 Å². The van der Waals surface area contributed by atoms with Crippen LogP contribution < -0.4 is 4.74 Å². The summed E-state index contributed by atoms with van der Waals surface area (Å²) < 4.78 is 94.3. The second kappa shape index (κ2) is 6.21. The number of ether oxygens (including phenoxy) is 1. The normalized spacial score (nSPS) is 12.3.